The number of hydrogen-bond acceptors (Lipinski definition) is 2. The molecule has 1 aliphatic heterocycles. The van der Waals surface area contributed by atoms with E-state index < -0.39 is 0 Å². The molecule has 0 unspecified atom stereocenters. The van der Waals surface area contributed by atoms with Crippen LogP contribution in [0.5, 0.6) is 0 Å². The highest BCUT2D eigenvalue weighted by Crippen LogP contribution is 2.35. The fourth-order valence-electron chi connectivity index (χ4n) is 3.47. The maximum absolute atomic E-state index is 4.64. The van der Waals surface area contributed by atoms with E-state index in [-0.39, 0.29) is 6.04 Å². The molecule has 0 spiro atoms. The van der Waals surface area contributed by atoms with Gasteiger partial charge >= 0.3 is 0 Å². The Bertz CT molecular complexity index is 757. The molecular formula is C21H20N2. The maximum Gasteiger partial charge on any atom is 0.0608 e. The SMILES string of the molecule is Cc1cnc2c(c1)CN(C(c1ccccc1)c1ccccc1)C2. The molecule has 0 aliphatic carbocycles. The molecule has 2 aromatic carbocycles. The highest BCUT2D eigenvalue weighted by Gasteiger charge is 2.28. The van der Waals surface area contributed by atoms with Gasteiger partial charge in [-0.1, -0.05) is 66.7 Å². The third-order valence-corrected chi connectivity index (χ3v) is 4.52. The summed E-state index contributed by atoms with van der Waals surface area (Å²) in [5.74, 6) is 0. The lowest BCUT2D eigenvalue weighted by atomic mass is 9.97. The number of benzene rings is 2. The van der Waals surface area contributed by atoms with Gasteiger partial charge < -0.3 is 0 Å². The number of pyridine rings is 1. The number of aryl methyl sites for hydroxylation is 1. The van der Waals surface area contributed by atoms with Crippen molar-refractivity contribution < 1.29 is 0 Å². The van der Waals surface area contributed by atoms with Gasteiger partial charge in [-0.2, -0.15) is 0 Å². The summed E-state index contributed by atoms with van der Waals surface area (Å²) in [6.45, 7) is 3.98. The standard InChI is InChI=1S/C21H20N2/c1-16-12-19-14-23(15-20(19)22-13-16)21(17-8-4-2-5-9-17)18-10-6-3-7-11-18/h2-13,21H,14-15H2,1H3. The van der Waals surface area contributed by atoms with E-state index in [1.807, 2.05) is 6.20 Å². The first-order chi connectivity index (χ1) is 11.3. The molecule has 0 amide bonds. The smallest absolute Gasteiger partial charge is 0.0608 e. The van der Waals surface area contributed by atoms with E-state index in [9.17, 15) is 0 Å². The minimum atomic E-state index is 0.270. The van der Waals surface area contributed by atoms with Crippen LogP contribution in [0.15, 0.2) is 72.9 Å². The van der Waals surface area contributed by atoms with Gasteiger partial charge in [0.05, 0.1) is 11.7 Å². The van der Waals surface area contributed by atoms with Crippen molar-refractivity contribution in [1.29, 1.82) is 0 Å². The van der Waals surface area contributed by atoms with E-state index in [4.69, 9.17) is 0 Å². The summed E-state index contributed by atoms with van der Waals surface area (Å²) >= 11 is 0. The minimum Gasteiger partial charge on any atom is -0.282 e. The van der Waals surface area contributed by atoms with Crippen molar-refractivity contribution in [2.45, 2.75) is 26.1 Å². The second-order valence-electron chi connectivity index (χ2n) is 6.25. The van der Waals surface area contributed by atoms with Crippen molar-refractivity contribution >= 4 is 0 Å². The molecule has 23 heavy (non-hydrogen) atoms. The molecule has 114 valence electrons. The van der Waals surface area contributed by atoms with Crippen LogP contribution < -0.4 is 0 Å². The highest BCUT2D eigenvalue weighted by atomic mass is 15.2. The van der Waals surface area contributed by atoms with Crippen molar-refractivity contribution in [2.75, 3.05) is 0 Å². The molecule has 1 aliphatic rings. The van der Waals surface area contributed by atoms with Gasteiger partial charge in [0, 0.05) is 19.3 Å². The van der Waals surface area contributed by atoms with Crippen LogP contribution in [0.1, 0.15) is 34.0 Å². The predicted molar refractivity (Wildman–Crippen MR) is 92.9 cm³/mol. The van der Waals surface area contributed by atoms with Crippen molar-refractivity contribution in [3.63, 3.8) is 0 Å². The summed E-state index contributed by atoms with van der Waals surface area (Å²) in [7, 11) is 0. The fourth-order valence-corrected chi connectivity index (χ4v) is 3.47. The Morgan fingerprint density at radius 1 is 0.870 bits per heavy atom. The van der Waals surface area contributed by atoms with Gasteiger partial charge in [-0.15, -0.1) is 0 Å². The molecule has 4 rings (SSSR count). The summed E-state index contributed by atoms with van der Waals surface area (Å²) in [4.78, 5) is 7.15. The van der Waals surface area contributed by atoms with Crippen LogP contribution in [0, 0.1) is 6.92 Å². The lowest BCUT2D eigenvalue weighted by Gasteiger charge is -2.28. The van der Waals surface area contributed by atoms with E-state index in [0.717, 1.165) is 13.1 Å². The Hall–Kier alpha value is -2.45. The Labute approximate surface area is 137 Å². The molecule has 0 atom stereocenters. The molecule has 0 radical (unpaired) electrons. The average molecular weight is 300 g/mol. The van der Waals surface area contributed by atoms with Gasteiger partial charge in [-0.05, 0) is 29.2 Å². The molecule has 2 nitrogen and oxygen atoms in total. The molecular weight excluding hydrogens is 280 g/mol. The first-order valence-corrected chi connectivity index (χ1v) is 8.09. The van der Waals surface area contributed by atoms with Gasteiger partial charge in [0.15, 0.2) is 0 Å². The first-order valence-electron chi connectivity index (χ1n) is 8.09. The third-order valence-electron chi connectivity index (χ3n) is 4.52. The fraction of sp³-hybridized carbons (Fsp3) is 0.190. The van der Waals surface area contributed by atoms with E-state index in [1.165, 1.54) is 27.9 Å². The zero-order chi connectivity index (χ0) is 15.6. The van der Waals surface area contributed by atoms with Crippen LogP contribution in [0.2, 0.25) is 0 Å². The number of fused-ring (bicyclic) bond motifs is 1. The molecule has 2 heteroatoms. The number of rotatable bonds is 3. The topological polar surface area (TPSA) is 16.1 Å². The van der Waals surface area contributed by atoms with E-state index in [2.05, 4.69) is 83.5 Å². The first kappa shape index (κ1) is 14.2. The maximum atomic E-state index is 4.64. The summed E-state index contributed by atoms with van der Waals surface area (Å²) in [5, 5.41) is 0. The van der Waals surface area contributed by atoms with Crippen molar-refractivity contribution in [1.82, 2.24) is 9.88 Å². The van der Waals surface area contributed by atoms with Crippen LogP contribution in [0.3, 0.4) is 0 Å². The molecule has 0 N–H and O–H groups in total. The predicted octanol–water partition coefficient (Wildman–Crippen LogP) is 4.50. The lowest BCUT2D eigenvalue weighted by Crippen LogP contribution is -2.24. The molecule has 0 saturated heterocycles. The van der Waals surface area contributed by atoms with Crippen LogP contribution in [-0.4, -0.2) is 9.88 Å². The van der Waals surface area contributed by atoms with E-state index in [1.54, 1.807) is 0 Å². The normalized spacial score (nSPS) is 14.2. The van der Waals surface area contributed by atoms with Gasteiger partial charge in [-0.3, -0.25) is 9.88 Å². The van der Waals surface area contributed by atoms with Gasteiger partial charge in [0.2, 0.25) is 0 Å². The second-order valence-corrected chi connectivity index (χ2v) is 6.25. The molecule has 0 fully saturated rings. The van der Waals surface area contributed by atoms with Crippen molar-refractivity contribution in [2.24, 2.45) is 0 Å². The molecule has 1 aromatic heterocycles. The summed E-state index contributed by atoms with van der Waals surface area (Å²) in [5.41, 5.74) is 6.49. The number of hydrogen-bond donors (Lipinski definition) is 0. The Morgan fingerprint density at radius 3 is 2.09 bits per heavy atom. The molecule has 0 bridgehead atoms. The van der Waals surface area contributed by atoms with Crippen LogP contribution in [-0.2, 0) is 13.1 Å². The zero-order valence-corrected chi connectivity index (χ0v) is 13.3. The highest BCUT2D eigenvalue weighted by molar-refractivity contribution is 5.35. The summed E-state index contributed by atoms with van der Waals surface area (Å²) < 4.78 is 0. The van der Waals surface area contributed by atoms with Gasteiger partial charge in [0.1, 0.15) is 0 Å². The lowest BCUT2D eigenvalue weighted by molar-refractivity contribution is 0.230. The zero-order valence-electron chi connectivity index (χ0n) is 13.3. The van der Waals surface area contributed by atoms with Crippen LogP contribution in [0.4, 0.5) is 0 Å². The van der Waals surface area contributed by atoms with Crippen LogP contribution in [0.25, 0.3) is 0 Å². The average Bonchev–Trinajstić information content (AvgIpc) is 2.99. The largest absolute Gasteiger partial charge is 0.282 e. The summed E-state index contributed by atoms with van der Waals surface area (Å²) in [6, 6.07) is 24.1. The molecule has 2 heterocycles. The monoisotopic (exact) mass is 300 g/mol. The van der Waals surface area contributed by atoms with Gasteiger partial charge in [-0.25, -0.2) is 0 Å². The summed E-state index contributed by atoms with van der Waals surface area (Å²) in [6.07, 6.45) is 1.97. The van der Waals surface area contributed by atoms with Crippen molar-refractivity contribution in [3.8, 4) is 0 Å². The third kappa shape index (κ3) is 2.78. The molecule has 3 aromatic rings. The Balaban J connectivity index is 1.73. The minimum absolute atomic E-state index is 0.270. The van der Waals surface area contributed by atoms with Crippen LogP contribution >= 0.6 is 0 Å². The second kappa shape index (κ2) is 5.98. The van der Waals surface area contributed by atoms with Crippen molar-refractivity contribution in [3.05, 3.63) is 101 Å². The molecule has 0 saturated carbocycles. The quantitative estimate of drug-likeness (QED) is 0.708. The van der Waals surface area contributed by atoms with E-state index in [0.29, 0.717) is 0 Å². The Kier molecular flexibility index (Phi) is 3.68. The van der Waals surface area contributed by atoms with Gasteiger partial charge in [0.25, 0.3) is 0 Å². The number of aromatic nitrogens is 1. The Morgan fingerprint density at radius 2 is 1.48 bits per heavy atom. The number of nitrogens with zero attached hydrogens (tertiary/aromatic N) is 2. The van der Waals surface area contributed by atoms with E-state index >= 15 is 0 Å².